The number of H-pyrrole nitrogens is 1. The Bertz CT molecular complexity index is 508. The third-order valence-electron chi connectivity index (χ3n) is 2.70. The number of amides is 1. The van der Waals surface area contributed by atoms with E-state index in [2.05, 4.69) is 10.3 Å². The van der Waals surface area contributed by atoms with Crippen LogP contribution in [0.2, 0.25) is 0 Å². The quantitative estimate of drug-likeness (QED) is 0.833. The Morgan fingerprint density at radius 2 is 2.11 bits per heavy atom. The van der Waals surface area contributed by atoms with Crippen LogP contribution in [-0.4, -0.2) is 17.4 Å². The molecule has 94 valence electrons. The molecular weight excluding hydrogens is 231 g/mol. The number of hydrogen-bond donors (Lipinski definition) is 2. The van der Waals surface area contributed by atoms with Gasteiger partial charge in [0.1, 0.15) is 5.82 Å². The first-order valence-electron chi connectivity index (χ1n) is 5.87. The van der Waals surface area contributed by atoms with Gasteiger partial charge in [-0.3, -0.25) is 4.79 Å². The highest BCUT2D eigenvalue weighted by atomic mass is 19.1. The minimum Gasteiger partial charge on any atom is -0.367 e. The topological polar surface area (TPSA) is 44.9 Å². The highest BCUT2D eigenvalue weighted by Gasteiger charge is 2.04. The number of halogens is 1. The first-order chi connectivity index (χ1) is 8.75. The smallest absolute Gasteiger partial charge is 0.224 e. The molecule has 2 N–H and O–H groups in total. The van der Waals surface area contributed by atoms with E-state index in [1.54, 1.807) is 30.6 Å². The SMILES string of the molecule is O=C(Cc1cc[nH]c1)NCCc1ccccc1F. The van der Waals surface area contributed by atoms with Gasteiger partial charge in [0.05, 0.1) is 6.42 Å². The van der Waals surface area contributed by atoms with Gasteiger partial charge in [0.15, 0.2) is 0 Å². The standard InChI is InChI=1S/C14H15FN2O/c15-13-4-2-1-3-12(13)6-8-17-14(18)9-11-5-7-16-10-11/h1-5,7,10,16H,6,8-9H2,(H,17,18). The molecule has 0 aliphatic carbocycles. The summed E-state index contributed by atoms with van der Waals surface area (Å²) >= 11 is 0. The van der Waals surface area contributed by atoms with Crippen LogP contribution < -0.4 is 5.32 Å². The van der Waals surface area contributed by atoms with E-state index in [4.69, 9.17) is 0 Å². The summed E-state index contributed by atoms with van der Waals surface area (Å²) < 4.78 is 13.3. The minimum absolute atomic E-state index is 0.0501. The van der Waals surface area contributed by atoms with Crippen LogP contribution in [-0.2, 0) is 17.6 Å². The molecule has 0 fully saturated rings. The summed E-state index contributed by atoms with van der Waals surface area (Å²) in [5, 5.41) is 2.78. The van der Waals surface area contributed by atoms with Gasteiger partial charge in [0, 0.05) is 18.9 Å². The van der Waals surface area contributed by atoms with Gasteiger partial charge in [0.2, 0.25) is 5.91 Å². The molecule has 0 aliphatic heterocycles. The number of carbonyl (C=O) groups excluding carboxylic acids is 1. The first-order valence-corrected chi connectivity index (χ1v) is 5.87. The van der Waals surface area contributed by atoms with Crippen molar-refractivity contribution >= 4 is 5.91 Å². The average molecular weight is 246 g/mol. The Balaban J connectivity index is 1.75. The van der Waals surface area contributed by atoms with Gasteiger partial charge < -0.3 is 10.3 Å². The summed E-state index contributed by atoms with van der Waals surface area (Å²) in [5.41, 5.74) is 1.57. The van der Waals surface area contributed by atoms with Crippen LogP contribution in [0.4, 0.5) is 4.39 Å². The Labute approximate surface area is 105 Å². The molecule has 1 heterocycles. The molecule has 18 heavy (non-hydrogen) atoms. The second-order valence-electron chi connectivity index (χ2n) is 4.09. The molecule has 2 rings (SSSR count). The minimum atomic E-state index is -0.225. The van der Waals surface area contributed by atoms with Gasteiger partial charge in [-0.1, -0.05) is 18.2 Å². The van der Waals surface area contributed by atoms with Crippen molar-refractivity contribution < 1.29 is 9.18 Å². The van der Waals surface area contributed by atoms with Crippen LogP contribution >= 0.6 is 0 Å². The number of hydrogen-bond acceptors (Lipinski definition) is 1. The van der Waals surface area contributed by atoms with Crippen molar-refractivity contribution in [2.24, 2.45) is 0 Å². The van der Waals surface area contributed by atoms with Gasteiger partial charge in [-0.15, -0.1) is 0 Å². The van der Waals surface area contributed by atoms with E-state index in [9.17, 15) is 9.18 Å². The maximum atomic E-state index is 13.3. The molecule has 0 radical (unpaired) electrons. The molecule has 0 atom stereocenters. The Hall–Kier alpha value is -2.10. The van der Waals surface area contributed by atoms with E-state index >= 15 is 0 Å². The van der Waals surface area contributed by atoms with Gasteiger partial charge in [-0.2, -0.15) is 0 Å². The molecule has 1 aromatic carbocycles. The maximum absolute atomic E-state index is 13.3. The maximum Gasteiger partial charge on any atom is 0.224 e. The van der Waals surface area contributed by atoms with E-state index < -0.39 is 0 Å². The van der Waals surface area contributed by atoms with Crippen molar-refractivity contribution in [3.8, 4) is 0 Å². The zero-order valence-electron chi connectivity index (χ0n) is 9.95. The molecule has 0 aliphatic rings. The average Bonchev–Trinajstić information content (AvgIpc) is 2.84. The normalized spacial score (nSPS) is 10.3. The van der Waals surface area contributed by atoms with E-state index in [0.29, 0.717) is 24.9 Å². The number of aromatic amines is 1. The van der Waals surface area contributed by atoms with E-state index in [1.165, 1.54) is 6.07 Å². The zero-order chi connectivity index (χ0) is 12.8. The predicted molar refractivity (Wildman–Crippen MR) is 67.6 cm³/mol. The summed E-state index contributed by atoms with van der Waals surface area (Å²) in [7, 11) is 0. The first kappa shape index (κ1) is 12.4. The molecule has 0 bridgehead atoms. The summed E-state index contributed by atoms with van der Waals surface area (Å²) in [4.78, 5) is 14.5. The number of benzene rings is 1. The van der Waals surface area contributed by atoms with E-state index in [-0.39, 0.29) is 11.7 Å². The lowest BCUT2D eigenvalue weighted by Gasteiger charge is -2.05. The van der Waals surface area contributed by atoms with Crippen LogP contribution in [0.5, 0.6) is 0 Å². The molecule has 1 aromatic heterocycles. The van der Waals surface area contributed by atoms with Crippen LogP contribution in [0.1, 0.15) is 11.1 Å². The summed E-state index contributed by atoms with van der Waals surface area (Å²) in [5.74, 6) is -0.275. The van der Waals surface area contributed by atoms with Crippen LogP contribution in [0, 0.1) is 5.82 Å². The Kier molecular flexibility index (Phi) is 4.12. The molecule has 1 amide bonds. The van der Waals surface area contributed by atoms with Gasteiger partial charge in [-0.25, -0.2) is 4.39 Å². The highest BCUT2D eigenvalue weighted by molar-refractivity contribution is 5.78. The van der Waals surface area contributed by atoms with Crippen molar-refractivity contribution in [2.45, 2.75) is 12.8 Å². The fraction of sp³-hybridized carbons (Fsp3) is 0.214. The van der Waals surface area contributed by atoms with E-state index in [1.807, 2.05) is 6.07 Å². The van der Waals surface area contributed by atoms with Crippen LogP contribution in [0.3, 0.4) is 0 Å². The van der Waals surface area contributed by atoms with Crippen LogP contribution in [0.25, 0.3) is 0 Å². The molecule has 2 aromatic rings. The summed E-state index contributed by atoms with van der Waals surface area (Å²) in [6, 6.07) is 8.46. The molecular formula is C14H15FN2O. The molecule has 0 saturated heterocycles. The van der Waals surface area contributed by atoms with Gasteiger partial charge in [-0.05, 0) is 29.7 Å². The lowest BCUT2D eigenvalue weighted by Crippen LogP contribution is -2.27. The van der Waals surface area contributed by atoms with Crippen molar-refractivity contribution in [3.05, 3.63) is 59.7 Å². The fourth-order valence-corrected chi connectivity index (χ4v) is 1.75. The van der Waals surface area contributed by atoms with Crippen molar-refractivity contribution in [1.82, 2.24) is 10.3 Å². The molecule has 0 unspecified atom stereocenters. The van der Waals surface area contributed by atoms with Crippen molar-refractivity contribution in [2.75, 3.05) is 6.54 Å². The fourth-order valence-electron chi connectivity index (χ4n) is 1.75. The van der Waals surface area contributed by atoms with Crippen LogP contribution in [0.15, 0.2) is 42.7 Å². The van der Waals surface area contributed by atoms with Gasteiger partial charge >= 0.3 is 0 Å². The third-order valence-corrected chi connectivity index (χ3v) is 2.70. The molecule has 0 spiro atoms. The van der Waals surface area contributed by atoms with Crippen molar-refractivity contribution in [1.29, 1.82) is 0 Å². The number of rotatable bonds is 5. The second kappa shape index (κ2) is 6.00. The van der Waals surface area contributed by atoms with Gasteiger partial charge in [0.25, 0.3) is 0 Å². The Morgan fingerprint density at radius 3 is 2.83 bits per heavy atom. The van der Waals surface area contributed by atoms with E-state index in [0.717, 1.165) is 5.56 Å². The van der Waals surface area contributed by atoms with Crippen molar-refractivity contribution in [3.63, 3.8) is 0 Å². The number of nitrogens with one attached hydrogen (secondary N) is 2. The Morgan fingerprint density at radius 1 is 1.28 bits per heavy atom. The zero-order valence-corrected chi connectivity index (χ0v) is 9.95. The molecule has 4 heteroatoms. The number of carbonyl (C=O) groups is 1. The lowest BCUT2D eigenvalue weighted by atomic mass is 10.1. The second-order valence-corrected chi connectivity index (χ2v) is 4.09. The predicted octanol–water partition coefficient (Wildman–Crippen LogP) is 2.06. The monoisotopic (exact) mass is 246 g/mol. The summed E-state index contributed by atoms with van der Waals surface area (Å²) in [6.45, 7) is 0.449. The number of aromatic nitrogens is 1. The molecule has 3 nitrogen and oxygen atoms in total. The lowest BCUT2D eigenvalue weighted by molar-refractivity contribution is -0.120. The highest BCUT2D eigenvalue weighted by Crippen LogP contribution is 2.06. The largest absolute Gasteiger partial charge is 0.367 e. The third kappa shape index (κ3) is 3.45. The molecule has 0 saturated carbocycles. The summed E-state index contributed by atoms with van der Waals surface area (Å²) in [6.07, 6.45) is 4.42.